The monoisotopic (exact) mass is 258 g/mol. The van der Waals surface area contributed by atoms with Crippen molar-refractivity contribution in [3.05, 3.63) is 34.1 Å². The fourth-order valence-electron chi connectivity index (χ4n) is 1.37. The average Bonchev–Trinajstić information content (AvgIpc) is 2.30. The van der Waals surface area contributed by atoms with Crippen molar-refractivity contribution >= 4 is 23.1 Å². The molecule has 0 amide bonds. The summed E-state index contributed by atoms with van der Waals surface area (Å²) in [6, 6.07) is 3.86. The van der Waals surface area contributed by atoms with Crippen molar-refractivity contribution in [2.24, 2.45) is 0 Å². The summed E-state index contributed by atoms with van der Waals surface area (Å²) < 4.78 is 13.4. The third-order valence-corrected chi connectivity index (χ3v) is 3.15. The lowest BCUT2D eigenvalue weighted by Gasteiger charge is -2.07. The highest BCUT2D eigenvalue weighted by Crippen LogP contribution is 2.26. The second-order valence-corrected chi connectivity index (χ2v) is 4.76. The third-order valence-electron chi connectivity index (χ3n) is 2.16. The van der Waals surface area contributed by atoms with E-state index < -0.39 is 10.7 Å². The Bertz CT molecular complexity index is 388. The molecule has 94 valence electrons. The number of anilines is 1. The summed E-state index contributed by atoms with van der Waals surface area (Å²) in [5, 5.41) is 13.5. The molecule has 0 atom stereocenters. The predicted molar refractivity (Wildman–Crippen MR) is 69.2 cm³/mol. The Labute approximate surface area is 104 Å². The van der Waals surface area contributed by atoms with Crippen molar-refractivity contribution in [3.8, 4) is 0 Å². The van der Waals surface area contributed by atoms with Crippen LogP contribution in [-0.4, -0.2) is 23.0 Å². The van der Waals surface area contributed by atoms with Crippen molar-refractivity contribution in [2.75, 3.05) is 23.4 Å². The molecule has 0 radical (unpaired) electrons. The maximum Gasteiger partial charge on any atom is 0.295 e. The van der Waals surface area contributed by atoms with E-state index in [1.165, 1.54) is 18.2 Å². The van der Waals surface area contributed by atoms with Crippen LogP contribution in [0.25, 0.3) is 0 Å². The Morgan fingerprint density at radius 2 is 2.29 bits per heavy atom. The summed E-state index contributed by atoms with van der Waals surface area (Å²) in [6.45, 7) is 2.61. The minimum atomic E-state index is -0.581. The van der Waals surface area contributed by atoms with Crippen LogP contribution in [0.5, 0.6) is 0 Å². The standard InChI is InChI=1S/C11H15FN2O2S/c1-2-17-8-4-7-13-11-9(12)5-3-6-10(11)14(15)16/h3,5-6,13H,2,4,7-8H2,1H3. The number of nitrogens with one attached hydrogen (secondary N) is 1. The summed E-state index contributed by atoms with van der Waals surface area (Å²) in [5.74, 6) is 1.42. The van der Waals surface area contributed by atoms with E-state index >= 15 is 0 Å². The van der Waals surface area contributed by atoms with Gasteiger partial charge in [0, 0.05) is 12.6 Å². The van der Waals surface area contributed by atoms with Gasteiger partial charge in [-0.25, -0.2) is 4.39 Å². The van der Waals surface area contributed by atoms with Crippen molar-refractivity contribution in [1.29, 1.82) is 0 Å². The first kappa shape index (κ1) is 13.8. The van der Waals surface area contributed by atoms with Gasteiger partial charge in [-0.3, -0.25) is 10.1 Å². The molecule has 0 aliphatic rings. The maximum absolute atomic E-state index is 13.4. The molecule has 0 aromatic heterocycles. The molecule has 1 N–H and O–H groups in total. The molecule has 1 aromatic rings. The lowest BCUT2D eigenvalue weighted by molar-refractivity contribution is -0.384. The van der Waals surface area contributed by atoms with E-state index in [0.717, 1.165) is 17.9 Å². The third kappa shape index (κ3) is 4.22. The van der Waals surface area contributed by atoms with Gasteiger partial charge in [0.05, 0.1) is 4.92 Å². The number of nitro benzene ring substituents is 1. The molecule has 0 saturated heterocycles. The topological polar surface area (TPSA) is 55.2 Å². The van der Waals surface area contributed by atoms with Gasteiger partial charge in [0.15, 0.2) is 5.82 Å². The Hall–Kier alpha value is -1.30. The van der Waals surface area contributed by atoms with E-state index in [2.05, 4.69) is 12.2 Å². The first-order chi connectivity index (χ1) is 8.16. The number of nitrogens with zero attached hydrogens (tertiary/aromatic N) is 1. The zero-order valence-electron chi connectivity index (χ0n) is 9.61. The zero-order chi connectivity index (χ0) is 12.7. The normalized spacial score (nSPS) is 10.2. The lowest BCUT2D eigenvalue weighted by Crippen LogP contribution is -2.07. The van der Waals surface area contributed by atoms with Crippen LogP contribution >= 0.6 is 11.8 Å². The summed E-state index contributed by atoms with van der Waals surface area (Å²) in [4.78, 5) is 10.1. The number of benzene rings is 1. The molecule has 0 heterocycles. The van der Waals surface area contributed by atoms with Crippen LogP contribution in [0.2, 0.25) is 0 Å². The van der Waals surface area contributed by atoms with Gasteiger partial charge in [0.25, 0.3) is 5.69 Å². The molecule has 0 aliphatic carbocycles. The highest BCUT2D eigenvalue weighted by molar-refractivity contribution is 7.99. The van der Waals surface area contributed by atoms with Gasteiger partial charge in [0.2, 0.25) is 0 Å². The van der Waals surface area contributed by atoms with Crippen LogP contribution in [0.3, 0.4) is 0 Å². The molecule has 0 spiro atoms. The molecule has 6 heteroatoms. The van der Waals surface area contributed by atoms with Crippen LogP contribution in [0, 0.1) is 15.9 Å². The average molecular weight is 258 g/mol. The van der Waals surface area contributed by atoms with Gasteiger partial charge in [-0.2, -0.15) is 11.8 Å². The first-order valence-corrected chi connectivity index (χ1v) is 6.56. The molecular formula is C11H15FN2O2S. The van der Waals surface area contributed by atoms with E-state index in [-0.39, 0.29) is 11.4 Å². The summed E-state index contributed by atoms with van der Waals surface area (Å²) in [7, 11) is 0. The minimum Gasteiger partial charge on any atom is -0.377 e. The van der Waals surface area contributed by atoms with Crippen LogP contribution in [-0.2, 0) is 0 Å². The second kappa shape index (κ2) is 7.11. The number of thioether (sulfide) groups is 1. The highest BCUT2D eigenvalue weighted by Gasteiger charge is 2.16. The summed E-state index contributed by atoms with van der Waals surface area (Å²) >= 11 is 1.79. The molecule has 1 aromatic carbocycles. The summed E-state index contributed by atoms with van der Waals surface area (Å²) in [5.41, 5.74) is -0.229. The van der Waals surface area contributed by atoms with Crippen molar-refractivity contribution in [2.45, 2.75) is 13.3 Å². The summed E-state index contributed by atoms with van der Waals surface area (Å²) in [6.07, 6.45) is 0.851. The fourth-order valence-corrected chi connectivity index (χ4v) is 2.01. The van der Waals surface area contributed by atoms with Gasteiger partial charge in [-0.05, 0) is 24.0 Å². The molecule has 0 unspecified atom stereocenters. The van der Waals surface area contributed by atoms with Gasteiger partial charge >= 0.3 is 0 Å². The van der Waals surface area contributed by atoms with E-state index in [9.17, 15) is 14.5 Å². The molecule has 17 heavy (non-hydrogen) atoms. The number of rotatable bonds is 7. The maximum atomic E-state index is 13.4. The Morgan fingerprint density at radius 1 is 1.53 bits per heavy atom. The SMILES string of the molecule is CCSCCCNc1c(F)cccc1[N+](=O)[O-]. The molecule has 1 rings (SSSR count). The van der Waals surface area contributed by atoms with E-state index in [4.69, 9.17) is 0 Å². The van der Waals surface area contributed by atoms with Crippen molar-refractivity contribution in [1.82, 2.24) is 0 Å². The van der Waals surface area contributed by atoms with Crippen LogP contribution in [0.4, 0.5) is 15.8 Å². The van der Waals surface area contributed by atoms with Gasteiger partial charge in [-0.15, -0.1) is 0 Å². The molecule has 0 fully saturated rings. The predicted octanol–water partition coefficient (Wildman–Crippen LogP) is 3.29. The highest BCUT2D eigenvalue weighted by atomic mass is 32.2. The number of halogens is 1. The largest absolute Gasteiger partial charge is 0.377 e. The van der Waals surface area contributed by atoms with Crippen LogP contribution in [0.1, 0.15) is 13.3 Å². The zero-order valence-corrected chi connectivity index (χ0v) is 10.4. The Balaban J connectivity index is 2.60. The number of hydrogen-bond acceptors (Lipinski definition) is 4. The number of nitro groups is 1. The molecule has 4 nitrogen and oxygen atoms in total. The second-order valence-electron chi connectivity index (χ2n) is 3.37. The smallest absolute Gasteiger partial charge is 0.295 e. The fraction of sp³-hybridized carbons (Fsp3) is 0.455. The molecule has 0 bridgehead atoms. The molecule has 0 aliphatic heterocycles. The lowest BCUT2D eigenvalue weighted by atomic mass is 10.2. The van der Waals surface area contributed by atoms with Crippen LogP contribution < -0.4 is 5.32 Å². The van der Waals surface area contributed by atoms with E-state index in [0.29, 0.717) is 6.54 Å². The first-order valence-electron chi connectivity index (χ1n) is 5.41. The van der Waals surface area contributed by atoms with Gasteiger partial charge in [-0.1, -0.05) is 13.0 Å². The Kier molecular flexibility index (Phi) is 5.76. The number of hydrogen-bond donors (Lipinski definition) is 1. The minimum absolute atomic E-state index is 0.0148. The van der Waals surface area contributed by atoms with E-state index in [1.54, 1.807) is 11.8 Å². The van der Waals surface area contributed by atoms with Crippen molar-refractivity contribution in [3.63, 3.8) is 0 Å². The quantitative estimate of drug-likeness (QED) is 0.463. The van der Waals surface area contributed by atoms with Crippen molar-refractivity contribution < 1.29 is 9.31 Å². The van der Waals surface area contributed by atoms with Gasteiger partial charge in [0.1, 0.15) is 5.69 Å². The molecule has 0 saturated carbocycles. The van der Waals surface area contributed by atoms with E-state index in [1.807, 2.05) is 0 Å². The molecular weight excluding hydrogens is 243 g/mol. The van der Waals surface area contributed by atoms with Gasteiger partial charge < -0.3 is 5.32 Å². The Morgan fingerprint density at radius 3 is 2.94 bits per heavy atom. The number of para-hydroxylation sites is 1. The van der Waals surface area contributed by atoms with Crippen LogP contribution in [0.15, 0.2) is 18.2 Å².